The molecule has 0 saturated heterocycles. The second-order valence-corrected chi connectivity index (χ2v) is 3.33. The molecule has 1 atom stereocenters. The zero-order valence-electron chi connectivity index (χ0n) is 7.13. The van der Waals surface area contributed by atoms with Gasteiger partial charge in [0, 0.05) is 5.92 Å². The Balaban J connectivity index is 0.000001000. The van der Waals surface area contributed by atoms with Gasteiger partial charge >= 0.3 is 0 Å². The van der Waals surface area contributed by atoms with Gasteiger partial charge in [-0.25, -0.2) is 0 Å². The number of rotatable bonds is 1. The van der Waals surface area contributed by atoms with Crippen molar-refractivity contribution >= 4 is 12.4 Å². The molecule has 0 aliphatic heterocycles. The van der Waals surface area contributed by atoms with E-state index in [1.807, 2.05) is 0 Å². The fraction of sp³-hybridized carbons (Fsp3) is 0.778. The predicted molar refractivity (Wildman–Crippen MR) is 50.6 cm³/mol. The highest BCUT2D eigenvalue weighted by atomic mass is 35.5. The van der Waals surface area contributed by atoms with Gasteiger partial charge in [-0.1, -0.05) is 25.7 Å². The minimum Gasteiger partial charge on any atom is -0.317 e. The van der Waals surface area contributed by atoms with E-state index in [1.54, 1.807) is 0 Å². The summed E-state index contributed by atoms with van der Waals surface area (Å²) in [6, 6.07) is 0.0839. The summed E-state index contributed by atoms with van der Waals surface area (Å²) in [5.74, 6) is 7.41. The van der Waals surface area contributed by atoms with E-state index >= 15 is 0 Å². The molecular weight excluding hydrogens is 158 g/mol. The summed E-state index contributed by atoms with van der Waals surface area (Å²) >= 11 is 0. The van der Waals surface area contributed by atoms with Gasteiger partial charge in [0.1, 0.15) is 0 Å². The molecule has 1 aliphatic carbocycles. The second kappa shape index (κ2) is 4.64. The molecule has 2 N–H and O–H groups in total. The normalized spacial score (nSPS) is 18.2. The maximum absolute atomic E-state index is 5.72. The molecule has 1 rings (SSSR count). The first kappa shape index (κ1) is 10.8. The summed E-state index contributed by atoms with van der Waals surface area (Å²) in [6.45, 7) is 4.21. The lowest BCUT2D eigenvalue weighted by Crippen LogP contribution is -2.23. The molecule has 1 saturated carbocycles. The second-order valence-electron chi connectivity index (χ2n) is 3.33. The van der Waals surface area contributed by atoms with Crippen molar-refractivity contribution < 1.29 is 0 Å². The first-order valence-corrected chi connectivity index (χ1v) is 3.97. The van der Waals surface area contributed by atoms with Crippen LogP contribution in [0.15, 0.2) is 0 Å². The first-order valence-electron chi connectivity index (χ1n) is 3.97. The molecule has 0 unspecified atom stereocenters. The van der Waals surface area contributed by atoms with Crippen LogP contribution in [0.25, 0.3) is 0 Å². The Kier molecular flexibility index (Phi) is 4.56. The van der Waals surface area contributed by atoms with Gasteiger partial charge in [0.15, 0.2) is 0 Å². The molecule has 1 aliphatic rings. The van der Waals surface area contributed by atoms with Crippen molar-refractivity contribution in [2.75, 3.05) is 0 Å². The number of hydrogen-bond acceptors (Lipinski definition) is 1. The maximum Gasteiger partial charge on any atom is 0.0687 e. The Bertz CT molecular complexity index is 162. The third-order valence-corrected chi connectivity index (χ3v) is 1.75. The lowest BCUT2D eigenvalue weighted by Gasteiger charge is -2.06. The lowest BCUT2D eigenvalue weighted by atomic mass is 10.1. The van der Waals surface area contributed by atoms with E-state index in [0.717, 1.165) is 0 Å². The van der Waals surface area contributed by atoms with Crippen LogP contribution < -0.4 is 5.73 Å². The molecule has 0 aromatic heterocycles. The van der Waals surface area contributed by atoms with E-state index in [9.17, 15) is 0 Å². The van der Waals surface area contributed by atoms with Gasteiger partial charge in [0.25, 0.3) is 0 Å². The van der Waals surface area contributed by atoms with Crippen LogP contribution in [0.3, 0.4) is 0 Å². The highest BCUT2D eigenvalue weighted by molar-refractivity contribution is 5.85. The summed E-state index contributed by atoms with van der Waals surface area (Å²) in [5.41, 5.74) is 5.72. The fourth-order valence-corrected chi connectivity index (χ4v) is 0.608. The number of halogens is 1. The van der Waals surface area contributed by atoms with Crippen LogP contribution in [0.4, 0.5) is 0 Å². The molecule has 11 heavy (non-hydrogen) atoms. The van der Waals surface area contributed by atoms with Gasteiger partial charge in [-0.3, -0.25) is 0 Å². The van der Waals surface area contributed by atoms with Gasteiger partial charge in [0.2, 0.25) is 0 Å². The molecule has 0 heterocycles. The van der Waals surface area contributed by atoms with Gasteiger partial charge in [-0.15, -0.1) is 12.4 Å². The average Bonchev–Trinajstić information content (AvgIpc) is 2.64. The first-order chi connectivity index (χ1) is 4.70. The van der Waals surface area contributed by atoms with E-state index in [1.165, 1.54) is 12.8 Å². The van der Waals surface area contributed by atoms with Gasteiger partial charge in [-0.05, 0) is 18.8 Å². The Labute approximate surface area is 75.1 Å². The van der Waals surface area contributed by atoms with E-state index in [4.69, 9.17) is 5.73 Å². The Hall–Kier alpha value is -0.190. The molecule has 0 spiro atoms. The molecule has 0 aromatic rings. The van der Waals surface area contributed by atoms with E-state index in [2.05, 4.69) is 25.7 Å². The minimum absolute atomic E-state index is 0. The zero-order chi connectivity index (χ0) is 7.56. The summed E-state index contributed by atoms with van der Waals surface area (Å²) in [5, 5.41) is 0. The average molecular weight is 174 g/mol. The quantitative estimate of drug-likeness (QED) is 0.602. The van der Waals surface area contributed by atoms with Crippen LogP contribution in [0, 0.1) is 23.7 Å². The largest absolute Gasteiger partial charge is 0.317 e. The zero-order valence-corrected chi connectivity index (χ0v) is 7.95. The van der Waals surface area contributed by atoms with Crippen molar-refractivity contribution in [3.63, 3.8) is 0 Å². The van der Waals surface area contributed by atoms with Crippen molar-refractivity contribution in [1.82, 2.24) is 0 Å². The molecule has 64 valence electrons. The summed E-state index contributed by atoms with van der Waals surface area (Å²) in [7, 11) is 0. The monoisotopic (exact) mass is 173 g/mol. The Morgan fingerprint density at radius 1 is 1.36 bits per heavy atom. The molecule has 1 fully saturated rings. The van der Waals surface area contributed by atoms with Crippen molar-refractivity contribution in [3.05, 3.63) is 0 Å². The third-order valence-electron chi connectivity index (χ3n) is 1.75. The smallest absolute Gasteiger partial charge is 0.0687 e. The summed E-state index contributed by atoms with van der Waals surface area (Å²) < 4.78 is 0. The molecule has 0 radical (unpaired) electrons. The van der Waals surface area contributed by atoms with Crippen LogP contribution in [-0.2, 0) is 0 Å². The van der Waals surface area contributed by atoms with E-state index in [-0.39, 0.29) is 18.4 Å². The van der Waals surface area contributed by atoms with Crippen LogP contribution >= 0.6 is 12.4 Å². The third kappa shape index (κ3) is 4.29. The molecule has 0 bridgehead atoms. The number of hydrogen-bond donors (Lipinski definition) is 1. The molecule has 1 nitrogen and oxygen atoms in total. The van der Waals surface area contributed by atoms with Crippen molar-refractivity contribution in [2.45, 2.75) is 32.7 Å². The van der Waals surface area contributed by atoms with Gasteiger partial charge in [0.05, 0.1) is 6.04 Å². The van der Waals surface area contributed by atoms with Crippen LogP contribution in [0.5, 0.6) is 0 Å². The molecule has 2 heteroatoms. The fourth-order valence-electron chi connectivity index (χ4n) is 0.608. The van der Waals surface area contributed by atoms with E-state index in [0.29, 0.717) is 11.8 Å². The highest BCUT2D eigenvalue weighted by Crippen LogP contribution is 2.27. The van der Waals surface area contributed by atoms with Crippen molar-refractivity contribution in [3.8, 4) is 11.8 Å². The van der Waals surface area contributed by atoms with Gasteiger partial charge < -0.3 is 5.73 Å². The molecule has 0 aromatic carbocycles. The Morgan fingerprint density at radius 2 is 1.91 bits per heavy atom. The number of nitrogens with two attached hydrogens (primary N) is 1. The topological polar surface area (TPSA) is 26.0 Å². The minimum atomic E-state index is 0. The highest BCUT2D eigenvalue weighted by Gasteiger charge is 2.18. The molecular formula is C9H16ClN. The Morgan fingerprint density at radius 3 is 2.27 bits per heavy atom. The lowest BCUT2D eigenvalue weighted by molar-refractivity contribution is 0.584. The predicted octanol–water partition coefficient (Wildman–Crippen LogP) is 1.80. The van der Waals surface area contributed by atoms with Crippen LogP contribution in [0.2, 0.25) is 0 Å². The standard InChI is InChI=1S/C9H15N.ClH/c1-7(2)9(10)6-5-8-3-4-8;/h7-9H,3-4,10H2,1-2H3;1H/t9-;/m0./s1. The molecule has 0 amide bonds. The van der Waals surface area contributed by atoms with Crippen molar-refractivity contribution in [2.24, 2.45) is 17.6 Å². The SMILES string of the molecule is CC(C)[C@@H](N)C#CC1CC1.Cl. The van der Waals surface area contributed by atoms with Crippen LogP contribution in [-0.4, -0.2) is 6.04 Å². The maximum atomic E-state index is 5.72. The van der Waals surface area contributed by atoms with Gasteiger partial charge in [-0.2, -0.15) is 0 Å². The van der Waals surface area contributed by atoms with Crippen LogP contribution in [0.1, 0.15) is 26.7 Å². The summed E-state index contributed by atoms with van der Waals surface area (Å²) in [4.78, 5) is 0. The summed E-state index contributed by atoms with van der Waals surface area (Å²) in [6.07, 6.45) is 2.58. The van der Waals surface area contributed by atoms with E-state index < -0.39 is 0 Å². The van der Waals surface area contributed by atoms with Crippen molar-refractivity contribution in [1.29, 1.82) is 0 Å².